The topological polar surface area (TPSA) is 68.3 Å². The van der Waals surface area contributed by atoms with Gasteiger partial charge in [-0.25, -0.2) is 0 Å². The first-order chi connectivity index (χ1) is 8.10. The molecule has 94 valence electrons. The zero-order valence-corrected chi connectivity index (χ0v) is 10.5. The number of hydrogen-bond acceptors (Lipinski definition) is 3. The van der Waals surface area contributed by atoms with Crippen molar-refractivity contribution in [1.82, 2.24) is 5.32 Å². The maximum Gasteiger partial charge on any atom is 0.255 e. The van der Waals surface area contributed by atoms with Crippen molar-refractivity contribution in [3.05, 3.63) is 23.7 Å². The van der Waals surface area contributed by atoms with E-state index in [0.29, 0.717) is 18.0 Å². The molecule has 0 saturated heterocycles. The molecule has 1 aromatic rings. The first kappa shape index (κ1) is 12.2. The predicted octanol–water partition coefficient (Wildman–Crippen LogP) is 1.70. The predicted molar refractivity (Wildman–Crippen MR) is 65.7 cm³/mol. The Balaban J connectivity index is 2.10. The molecule has 1 aliphatic carbocycles. The summed E-state index contributed by atoms with van der Waals surface area (Å²) in [5.74, 6) is 1.18. The van der Waals surface area contributed by atoms with E-state index in [9.17, 15) is 4.79 Å². The highest BCUT2D eigenvalue weighted by atomic mass is 16.3. The summed E-state index contributed by atoms with van der Waals surface area (Å²) in [5, 5.41) is 3.06. The van der Waals surface area contributed by atoms with E-state index in [2.05, 4.69) is 5.32 Å². The van der Waals surface area contributed by atoms with E-state index in [1.165, 1.54) is 0 Å². The third-order valence-corrected chi connectivity index (χ3v) is 3.61. The highest BCUT2D eigenvalue weighted by Gasteiger charge is 2.41. The molecule has 1 amide bonds. The molecule has 1 fully saturated rings. The van der Waals surface area contributed by atoms with Crippen LogP contribution in [0.4, 0.5) is 0 Å². The molecule has 1 saturated carbocycles. The summed E-state index contributed by atoms with van der Waals surface area (Å²) in [6.07, 6.45) is 4.59. The van der Waals surface area contributed by atoms with Gasteiger partial charge in [0.05, 0.1) is 17.4 Å². The molecular weight excluding hydrogens is 216 g/mol. The Hall–Kier alpha value is -1.29. The van der Waals surface area contributed by atoms with E-state index < -0.39 is 0 Å². The van der Waals surface area contributed by atoms with Crippen molar-refractivity contribution in [2.45, 2.75) is 38.6 Å². The Morgan fingerprint density at radius 1 is 1.65 bits per heavy atom. The third-order valence-electron chi connectivity index (χ3n) is 3.61. The van der Waals surface area contributed by atoms with E-state index in [4.69, 9.17) is 10.2 Å². The minimum atomic E-state index is -0.278. The summed E-state index contributed by atoms with van der Waals surface area (Å²) < 4.78 is 5.27. The van der Waals surface area contributed by atoms with Crippen molar-refractivity contribution in [3.8, 4) is 0 Å². The van der Waals surface area contributed by atoms with Crippen LogP contribution in [0, 0.1) is 5.92 Å². The van der Waals surface area contributed by atoms with Gasteiger partial charge in [-0.3, -0.25) is 4.79 Å². The largest absolute Gasteiger partial charge is 0.469 e. The lowest BCUT2D eigenvalue weighted by atomic mass is 9.95. The second kappa shape index (κ2) is 4.53. The zero-order chi connectivity index (χ0) is 12.5. The highest BCUT2D eigenvalue weighted by Crippen LogP contribution is 2.39. The molecule has 0 bridgehead atoms. The lowest BCUT2D eigenvalue weighted by molar-refractivity contribution is 0.0896. The number of carbonyl (C=O) groups is 1. The third kappa shape index (κ3) is 2.36. The number of nitrogens with one attached hydrogen (secondary N) is 1. The van der Waals surface area contributed by atoms with Crippen LogP contribution in [0.3, 0.4) is 0 Å². The average Bonchev–Trinajstić information content (AvgIpc) is 3.07. The lowest BCUT2D eigenvalue weighted by Crippen LogP contribution is -2.53. The van der Waals surface area contributed by atoms with Crippen molar-refractivity contribution in [3.63, 3.8) is 0 Å². The summed E-state index contributed by atoms with van der Waals surface area (Å²) in [6, 6.07) is 1.72. The van der Waals surface area contributed by atoms with Crippen LogP contribution in [0.5, 0.6) is 0 Å². The Morgan fingerprint density at radius 3 is 2.88 bits per heavy atom. The molecule has 0 aliphatic heterocycles. The Kier molecular flexibility index (Phi) is 3.24. The van der Waals surface area contributed by atoms with Crippen LogP contribution >= 0.6 is 0 Å². The summed E-state index contributed by atoms with van der Waals surface area (Å²) >= 11 is 0. The molecule has 0 spiro atoms. The Bertz CT molecular complexity index is 409. The number of rotatable bonds is 5. The van der Waals surface area contributed by atoms with Gasteiger partial charge in [-0.15, -0.1) is 0 Å². The maximum absolute atomic E-state index is 12.2. The average molecular weight is 236 g/mol. The number of amides is 1. The number of hydrogen-bond donors (Lipinski definition) is 2. The van der Waals surface area contributed by atoms with Gasteiger partial charge in [0.1, 0.15) is 5.76 Å². The molecule has 2 rings (SSSR count). The molecule has 4 nitrogen and oxygen atoms in total. The Labute approximate surface area is 102 Å². The summed E-state index contributed by atoms with van der Waals surface area (Å²) in [4.78, 5) is 12.2. The van der Waals surface area contributed by atoms with Gasteiger partial charge in [0.2, 0.25) is 0 Å². The van der Waals surface area contributed by atoms with Crippen molar-refractivity contribution < 1.29 is 9.21 Å². The maximum atomic E-state index is 12.2. The molecule has 0 radical (unpaired) electrons. The van der Waals surface area contributed by atoms with E-state index in [0.717, 1.165) is 25.0 Å². The van der Waals surface area contributed by atoms with Crippen LogP contribution < -0.4 is 11.1 Å². The van der Waals surface area contributed by atoms with Gasteiger partial charge < -0.3 is 15.5 Å². The van der Waals surface area contributed by atoms with Gasteiger partial charge in [0, 0.05) is 13.0 Å². The first-order valence-electron chi connectivity index (χ1n) is 6.19. The normalized spacial score (nSPS) is 18.8. The molecule has 1 unspecified atom stereocenters. The molecule has 3 N–H and O–H groups in total. The van der Waals surface area contributed by atoms with Gasteiger partial charge in [0.25, 0.3) is 5.91 Å². The Morgan fingerprint density at radius 2 is 2.35 bits per heavy atom. The molecule has 4 heteroatoms. The minimum Gasteiger partial charge on any atom is -0.469 e. The van der Waals surface area contributed by atoms with Crippen molar-refractivity contribution >= 4 is 5.91 Å². The number of carbonyl (C=O) groups excluding carboxylic acids is 1. The summed E-state index contributed by atoms with van der Waals surface area (Å²) in [6.45, 7) is 4.47. The quantitative estimate of drug-likeness (QED) is 0.817. The van der Waals surface area contributed by atoms with Gasteiger partial charge in [0.15, 0.2) is 0 Å². The fraction of sp³-hybridized carbons (Fsp3) is 0.615. The van der Waals surface area contributed by atoms with Gasteiger partial charge in [-0.2, -0.15) is 0 Å². The lowest BCUT2D eigenvalue weighted by Gasteiger charge is -2.29. The van der Waals surface area contributed by atoms with Crippen LogP contribution in [0.25, 0.3) is 0 Å². The van der Waals surface area contributed by atoms with Gasteiger partial charge >= 0.3 is 0 Å². The molecule has 1 aliphatic rings. The zero-order valence-electron chi connectivity index (χ0n) is 10.5. The first-order valence-corrected chi connectivity index (χ1v) is 6.19. The fourth-order valence-corrected chi connectivity index (χ4v) is 2.18. The number of aryl methyl sites for hydroxylation is 1. The molecule has 0 aromatic carbocycles. The van der Waals surface area contributed by atoms with E-state index >= 15 is 0 Å². The van der Waals surface area contributed by atoms with Crippen LogP contribution in [0.15, 0.2) is 16.7 Å². The van der Waals surface area contributed by atoms with E-state index in [-0.39, 0.29) is 11.4 Å². The van der Waals surface area contributed by atoms with Crippen LogP contribution in [-0.2, 0) is 6.42 Å². The van der Waals surface area contributed by atoms with Crippen LogP contribution in [0.1, 0.15) is 42.8 Å². The van der Waals surface area contributed by atoms with Crippen LogP contribution in [0.2, 0.25) is 0 Å². The van der Waals surface area contributed by atoms with Crippen molar-refractivity contribution in [2.75, 3.05) is 6.54 Å². The molecular formula is C13H20N2O2. The van der Waals surface area contributed by atoms with Crippen molar-refractivity contribution in [2.24, 2.45) is 11.7 Å². The molecule has 1 atom stereocenters. The van der Waals surface area contributed by atoms with Gasteiger partial charge in [-0.05, 0) is 31.7 Å². The number of furan rings is 1. The van der Waals surface area contributed by atoms with Gasteiger partial charge in [-0.1, -0.05) is 6.92 Å². The molecule has 1 heterocycles. The monoisotopic (exact) mass is 236 g/mol. The van der Waals surface area contributed by atoms with Crippen LogP contribution in [-0.4, -0.2) is 18.0 Å². The summed E-state index contributed by atoms with van der Waals surface area (Å²) in [7, 11) is 0. The minimum absolute atomic E-state index is 0.0737. The standard InChI is InChI=1S/C13H20N2O2/c1-3-11-10(6-7-17-11)12(16)15-13(2,8-14)9-4-5-9/h6-7,9H,3-5,8,14H2,1-2H3,(H,15,16). The van der Waals surface area contributed by atoms with Crippen molar-refractivity contribution in [1.29, 1.82) is 0 Å². The SMILES string of the molecule is CCc1occc1C(=O)NC(C)(CN)C1CC1. The second-order valence-corrected chi connectivity index (χ2v) is 4.96. The fourth-order valence-electron chi connectivity index (χ4n) is 2.18. The smallest absolute Gasteiger partial charge is 0.255 e. The highest BCUT2D eigenvalue weighted by molar-refractivity contribution is 5.95. The molecule has 1 aromatic heterocycles. The molecule has 17 heavy (non-hydrogen) atoms. The number of nitrogens with two attached hydrogens (primary N) is 1. The second-order valence-electron chi connectivity index (χ2n) is 4.96. The van der Waals surface area contributed by atoms with E-state index in [1.807, 2.05) is 13.8 Å². The van der Waals surface area contributed by atoms with E-state index in [1.54, 1.807) is 12.3 Å². The summed E-state index contributed by atoms with van der Waals surface area (Å²) in [5.41, 5.74) is 6.14.